The molecule has 1 saturated carbocycles. The van der Waals surface area contributed by atoms with Crippen LogP contribution in [0.25, 0.3) is 33.5 Å². The van der Waals surface area contributed by atoms with E-state index in [1.54, 1.807) is 17.1 Å². The first-order valence-corrected chi connectivity index (χ1v) is 9.85. The van der Waals surface area contributed by atoms with Crippen LogP contribution >= 0.6 is 11.6 Å². The highest BCUT2D eigenvalue weighted by atomic mass is 35.5. The number of nitrogens with zero attached hydrogens (tertiary/aromatic N) is 5. The van der Waals surface area contributed by atoms with Crippen LogP contribution in [-0.2, 0) is 6.54 Å². The summed E-state index contributed by atoms with van der Waals surface area (Å²) in [5, 5.41) is 11.6. The summed E-state index contributed by atoms with van der Waals surface area (Å²) in [6.07, 6.45) is 4.35. The second-order valence-corrected chi connectivity index (χ2v) is 8.48. The van der Waals surface area contributed by atoms with Crippen molar-refractivity contribution >= 4 is 22.6 Å². The first-order chi connectivity index (χ1) is 14.4. The number of aromatic nitrogens is 6. The Balaban J connectivity index is 1.62. The number of nitrogens with one attached hydrogen (secondary N) is 1. The Morgan fingerprint density at radius 1 is 1.17 bits per heavy atom. The van der Waals surface area contributed by atoms with E-state index in [0.717, 1.165) is 17.1 Å². The van der Waals surface area contributed by atoms with E-state index in [1.807, 2.05) is 6.07 Å². The van der Waals surface area contributed by atoms with Gasteiger partial charge in [-0.1, -0.05) is 0 Å². The van der Waals surface area contributed by atoms with Crippen LogP contribution in [0.5, 0.6) is 0 Å². The molecule has 1 fully saturated rings. The van der Waals surface area contributed by atoms with Crippen molar-refractivity contribution in [3.05, 3.63) is 48.3 Å². The average molecular weight is 431 g/mol. The maximum absolute atomic E-state index is 14.1. The van der Waals surface area contributed by atoms with Gasteiger partial charge < -0.3 is 0 Å². The molecule has 1 spiro atoms. The van der Waals surface area contributed by atoms with Crippen molar-refractivity contribution in [2.45, 2.75) is 30.7 Å². The molecule has 0 unspecified atom stereocenters. The molecule has 1 aliphatic heterocycles. The zero-order valence-electron chi connectivity index (χ0n) is 15.4. The summed E-state index contributed by atoms with van der Waals surface area (Å²) in [5.41, 5.74) is 2.42. The fourth-order valence-corrected chi connectivity index (χ4v) is 5.03. The van der Waals surface area contributed by atoms with E-state index in [-0.39, 0.29) is 19.4 Å². The molecule has 0 aromatic carbocycles. The van der Waals surface area contributed by atoms with Crippen LogP contribution < -0.4 is 0 Å². The monoisotopic (exact) mass is 430 g/mol. The number of hydrogen-bond donors (Lipinski definition) is 1. The summed E-state index contributed by atoms with van der Waals surface area (Å²) in [5.74, 6) is -3.22. The maximum atomic E-state index is 14.1. The van der Waals surface area contributed by atoms with Crippen LogP contribution in [-0.4, -0.2) is 35.9 Å². The quantitative estimate of drug-likeness (QED) is 0.466. The van der Waals surface area contributed by atoms with Gasteiger partial charge in [-0.3, -0.25) is 14.8 Å². The zero-order chi connectivity index (χ0) is 20.7. The molecule has 2 atom stereocenters. The molecule has 0 amide bonds. The van der Waals surface area contributed by atoms with Gasteiger partial charge in [-0.15, -0.1) is 11.6 Å². The normalized spacial score (nSPS) is 24.3. The third kappa shape index (κ3) is 2.38. The van der Waals surface area contributed by atoms with E-state index in [4.69, 9.17) is 11.6 Å². The number of pyridine rings is 2. The Bertz CT molecular complexity index is 1300. The lowest BCUT2D eigenvalue weighted by Gasteiger charge is -2.28. The van der Waals surface area contributed by atoms with E-state index in [2.05, 4.69) is 25.3 Å². The van der Waals surface area contributed by atoms with Crippen LogP contribution in [0.3, 0.4) is 0 Å². The highest BCUT2D eigenvalue weighted by Crippen LogP contribution is 2.68. The average Bonchev–Trinajstić information content (AvgIpc) is 3.11. The van der Waals surface area contributed by atoms with E-state index in [1.165, 1.54) is 12.1 Å². The molecule has 1 aliphatic carbocycles. The van der Waals surface area contributed by atoms with Gasteiger partial charge in [-0.05, 0) is 30.2 Å². The van der Waals surface area contributed by atoms with Gasteiger partial charge >= 0.3 is 0 Å². The Morgan fingerprint density at radius 3 is 2.73 bits per heavy atom. The Morgan fingerprint density at radius 2 is 2.00 bits per heavy atom. The minimum absolute atomic E-state index is 0.0758. The Kier molecular flexibility index (Phi) is 3.46. The van der Waals surface area contributed by atoms with Crippen LogP contribution in [0, 0.1) is 11.2 Å². The number of alkyl halides is 3. The summed E-state index contributed by atoms with van der Waals surface area (Å²) in [6.45, 7) is 0.0758. The molecule has 0 radical (unpaired) electrons. The molecule has 4 aromatic rings. The zero-order valence-corrected chi connectivity index (χ0v) is 16.2. The molecule has 6 nitrogen and oxygen atoms in total. The minimum atomic E-state index is -2.74. The van der Waals surface area contributed by atoms with E-state index >= 15 is 0 Å². The smallest absolute Gasteiger partial charge is 0.256 e. The number of fused-ring (bicyclic) bond motifs is 2. The summed E-state index contributed by atoms with van der Waals surface area (Å²) < 4.78 is 43.3. The van der Waals surface area contributed by atoms with Crippen molar-refractivity contribution in [1.82, 2.24) is 29.9 Å². The summed E-state index contributed by atoms with van der Waals surface area (Å²) >= 11 is 6.69. The first-order valence-electron chi connectivity index (χ1n) is 9.42. The third-order valence-electron chi connectivity index (χ3n) is 6.12. The van der Waals surface area contributed by atoms with Gasteiger partial charge in [-0.2, -0.15) is 10.2 Å². The maximum Gasteiger partial charge on any atom is 0.256 e. The topological polar surface area (TPSA) is 72.3 Å². The number of aromatic amines is 1. The summed E-state index contributed by atoms with van der Waals surface area (Å²) in [4.78, 5) is 8.44. The van der Waals surface area contributed by atoms with Gasteiger partial charge in [0.1, 0.15) is 11.5 Å². The van der Waals surface area contributed by atoms with Crippen LogP contribution in [0.4, 0.5) is 13.2 Å². The third-order valence-corrected chi connectivity index (χ3v) is 6.48. The van der Waals surface area contributed by atoms with Crippen molar-refractivity contribution < 1.29 is 13.2 Å². The number of hydrogen-bond acceptors (Lipinski definition) is 4. The van der Waals surface area contributed by atoms with Gasteiger partial charge in [0.15, 0.2) is 5.65 Å². The molecule has 5 heterocycles. The SMILES string of the molecule is Fc1ccc(-c2nn3c(c2-c2ccnc4[nH]ncc24)[C@@H](Cl)C[C@]2(C3)CC2(F)F)nc1. The molecule has 10 heteroatoms. The molecule has 6 rings (SSSR count). The van der Waals surface area contributed by atoms with Crippen molar-refractivity contribution in [1.29, 1.82) is 0 Å². The molecule has 30 heavy (non-hydrogen) atoms. The molecule has 0 bridgehead atoms. The minimum Gasteiger partial charge on any atom is -0.266 e. The second-order valence-electron chi connectivity index (χ2n) is 7.95. The molecular weight excluding hydrogens is 417 g/mol. The van der Waals surface area contributed by atoms with Gasteiger partial charge in [0.05, 0.1) is 41.1 Å². The highest BCUT2D eigenvalue weighted by molar-refractivity contribution is 6.21. The van der Waals surface area contributed by atoms with E-state index < -0.39 is 22.5 Å². The van der Waals surface area contributed by atoms with Crippen LogP contribution in [0.2, 0.25) is 0 Å². The molecule has 4 aromatic heterocycles. The Hall–Kier alpha value is -2.94. The van der Waals surface area contributed by atoms with Crippen LogP contribution in [0.1, 0.15) is 23.9 Å². The molecule has 0 saturated heterocycles. The van der Waals surface area contributed by atoms with Gasteiger partial charge in [0.2, 0.25) is 0 Å². The lowest BCUT2D eigenvalue weighted by Crippen LogP contribution is -2.28. The lowest BCUT2D eigenvalue weighted by atomic mass is 9.90. The van der Waals surface area contributed by atoms with Crippen molar-refractivity contribution in [2.75, 3.05) is 0 Å². The van der Waals surface area contributed by atoms with E-state index in [0.29, 0.717) is 28.3 Å². The summed E-state index contributed by atoms with van der Waals surface area (Å²) in [7, 11) is 0. The van der Waals surface area contributed by atoms with E-state index in [9.17, 15) is 13.2 Å². The van der Waals surface area contributed by atoms with Gasteiger partial charge in [-0.25, -0.2) is 18.2 Å². The highest BCUT2D eigenvalue weighted by Gasteiger charge is 2.72. The van der Waals surface area contributed by atoms with Gasteiger partial charge in [0.25, 0.3) is 5.92 Å². The van der Waals surface area contributed by atoms with Crippen molar-refractivity contribution in [3.8, 4) is 22.5 Å². The fourth-order valence-electron chi connectivity index (χ4n) is 4.51. The van der Waals surface area contributed by atoms with Crippen LogP contribution in [0.15, 0.2) is 36.8 Å². The van der Waals surface area contributed by atoms with Crippen molar-refractivity contribution in [3.63, 3.8) is 0 Å². The molecule has 2 aliphatic rings. The largest absolute Gasteiger partial charge is 0.266 e. The first kappa shape index (κ1) is 17.9. The molecule has 1 N–H and O–H groups in total. The van der Waals surface area contributed by atoms with Gasteiger partial charge in [0, 0.05) is 23.6 Å². The Labute approximate surface area is 173 Å². The number of halogens is 4. The van der Waals surface area contributed by atoms with Crippen molar-refractivity contribution in [2.24, 2.45) is 5.41 Å². The summed E-state index contributed by atoms with van der Waals surface area (Å²) in [6, 6.07) is 4.62. The predicted molar refractivity (Wildman–Crippen MR) is 104 cm³/mol. The standard InChI is InChI=1S/C20H14ClF3N6/c21-13-5-19(8-20(19,23)24)9-30-17(13)15(11-3-4-25-18-12(11)7-27-28-18)16(29-30)14-2-1-10(22)6-26-14/h1-4,6-7,13H,5,8-9H2,(H,25,27,28)/t13-,19+/m0/s1. The number of rotatable bonds is 2. The second kappa shape index (κ2) is 5.81. The number of H-pyrrole nitrogens is 1. The molecule has 152 valence electrons. The predicted octanol–water partition coefficient (Wildman–Crippen LogP) is 4.73. The lowest BCUT2D eigenvalue weighted by molar-refractivity contribution is 0.0453. The molecular formula is C20H14ClF3N6. The fraction of sp³-hybridized carbons (Fsp3) is 0.300.